The molecule has 1 saturated heterocycles. The number of hydrogen-bond donors (Lipinski definition) is 2. The molecule has 1 spiro atoms. The Morgan fingerprint density at radius 3 is 2.51 bits per heavy atom. The summed E-state index contributed by atoms with van der Waals surface area (Å²) in [6.07, 6.45) is 6.24. The largest absolute Gasteiger partial charge is 0.354 e. The van der Waals surface area contributed by atoms with Crippen LogP contribution in [0.2, 0.25) is 0 Å². The van der Waals surface area contributed by atoms with Crippen LogP contribution in [0.4, 0.5) is 17.3 Å². The first-order valence-electron chi connectivity index (χ1n) is 12.7. The molecule has 2 N–H and O–H groups in total. The predicted molar refractivity (Wildman–Crippen MR) is 136 cm³/mol. The molecule has 2 aromatic rings. The molecule has 2 fully saturated rings. The van der Waals surface area contributed by atoms with Crippen molar-refractivity contribution < 1.29 is 4.79 Å². The van der Waals surface area contributed by atoms with Crippen LogP contribution in [0.25, 0.3) is 0 Å². The summed E-state index contributed by atoms with van der Waals surface area (Å²) in [4.78, 5) is 42.2. The van der Waals surface area contributed by atoms with Crippen molar-refractivity contribution in [2.75, 3.05) is 63.6 Å². The van der Waals surface area contributed by atoms with Crippen molar-refractivity contribution in [3.05, 3.63) is 40.1 Å². The van der Waals surface area contributed by atoms with Crippen LogP contribution in [0.3, 0.4) is 0 Å². The Morgan fingerprint density at radius 2 is 1.80 bits per heavy atom. The number of aryl methyl sites for hydroxylation is 1. The number of fused-ring (bicyclic) bond motifs is 2. The topological polar surface area (TPSA) is 98.6 Å². The smallest absolute Gasteiger partial charge is 0.276 e. The molecule has 0 radical (unpaired) electrons. The number of nitrogens with zero attached hydrogens (tertiary/aromatic N) is 6. The van der Waals surface area contributed by atoms with Gasteiger partial charge in [-0.25, -0.2) is 9.97 Å². The first kappa shape index (κ1) is 23.7. The summed E-state index contributed by atoms with van der Waals surface area (Å²) in [7, 11) is 4.20. The minimum Gasteiger partial charge on any atom is -0.354 e. The van der Waals surface area contributed by atoms with Gasteiger partial charge < -0.3 is 20.4 Å². The number of hydrogen-bond acceptors (Lipinski definition) is 8. The van der Waals surface area contributed by atoms with E-state index in [0.29, 0.717) is 17.2 Å². The van der Waals surface area contributed by atoms with Crippen molar-refractivity contribution in [3.63, 3.8) is 0 Å². The molecular formula is C25H36N8O2. The van der Waals surface area contributed by atoms with E-state index in [0.717, 1.165) is 82.8 Å². The van der Waals surface area contributed by atoms with Crippen LogP contribution in [-0.2, 0) is 5.66 Å². The van der Waals surface area contributed by atoms with Crippen LogP contribution < -0.4 is 21.1 Å². The lowest BCUT2D eigenvalue weighted by Gasteiger charge is -2.36. The number of amides is 1. The lowest BCUT2D eigenvalue weighted by atomic mass is 9.89. The minimum atomic E-state index is -0.604. The Bertz CT molecular complexity index is 1150. The predicted octanol–water partition coefficient (Wildman–Crippen LogP) is 1.73. The number of aromatic nitrogens is 3. The quantitative estimate of drug-likeness (QED) is 0.645. The summed E-state index contributed by atoms with van der Waals surface area (Å²) >= 11 is 0. The summed E-state index contributed by atoms with van der Waals surface area (Å²) < 4.78 is 1.71. The van der Waals surface area contributed by atoms with Crippen LogP contribution in [0.15, 0.2) is 23.3 Å². The zero-order valence-corrected chi connectivity index (χ0v) is 21.0. The molecule has 1 amide bonds. The average molecular weight is 481 g/mol. The summed E-state index contributed by atoms with van der Waals surface area (Å²) in [6, 6.07) is 3.67. The molecule has 10 nitrogen and oxygen atoms in total. The number of piperazine rings is 1. The lowest BCUT2D eigenvalue weighted by Crippen LogP contribution is -2.48. The Kier molecular flexibility index (Phi) is 6.50. The van der Waals surface area contributed by atoms with Gasteiger partial charge >= 0.3 is 0 Å². The molecule has 5 rings (SSSR count). The van der Waals surface area contributed by atoms with Gasteiger partial charge in [-0.3, -0.25) is 19.1 Å². The third-order valence-corrected chi connectivity index (χ3v) is 7.54. The number of rotatable bonds is 6. The molecule has 3 aliphatic rings. The zero-order chi connectivity index (χ0) is 24.6. The summed E-state index contributed by atoms with van der Waals surface area (Å²) in [5.74, 6) is 1.28. The second-order valence-corrected chi connectivity index (χ2v) is 10.3. The molecular weight excluding hydrogens is 444 g/mol. The van der Waals surface area contributed by atoms with E-state index in [1.54, 1.807) is 17.0 Å². The van der Waals surface area contributed by atoms with E-state index in [-0.39, 0.29) is 11.5 Å². The van der Waals surface area contributed by atoms with Gasteiger partial charge in [0.15, 0.2) is 0 Å². The lowest BCUT2D eigenvalue weighted by molar-refractivity contribution is 0.0876. The number of carbonyl (C=O) groups is 1. The fourth-order valence-corrected chi connectivity index (χ4v) is 5.60. The summed E-state index contributed by atoms with van der Waals surface area (Å²) in [6.45, 7) is 7.81. The fraction of sp³-hybridized carbons (Fsp3) is 0.600. The Hall–Kier alpha value is -2.98. The molecule has 2 aliphatic heterocycles. The molecule has 1 aliphatic carbocycles. The van der Waals surface area contributed by atoms with Crippen LogP contribution in [0.1, 0.15) is 48.2 Å². The molecule has 2 aromatic heterocycles. The standard InChI is InChI=1S/C25H36N8O2/c1-18-15-19(24(35)33-22(18)23(34)29-25(33)7-5-4-6-8-25)28-20-16-21(27-17-26-20)32-13-11-31(12-14-32)10-9-30(2)3/h15-17H,4-14H2,1-3H3,(H,29,34)(H,26,27,28). The highest BCUT2D eigenvalue weighted by atomic mass is 16.2. The first-order valence-corrected chi connectivity index (χ1v) is 12.7. The van der Waals surface area contributed by atoms with E-state index in [1.807, 2.05) is 13.0 Å². The molecule has 0 aromatic carbocycles. The van der Waals surface area contributed by atoms with E-state index in [2.05, 4.69) is 49.4 Å². The van der Waals surface area contributed by atoms with Gasteiger partial charge in [0, 0.05) is 45.3 Å². The van der Waals surface area contributed by atoms with Gasteiger partial charge in [-0.05, 0) is 58.3 Å². The molecule has 1 saturated carbocycles. The van der Waals surface area contributed by atoms with Crippen LogP contribution in [-0.4, -0.2) is 83.6 Å². The number of carbonyl (C=O) groups excluding carboxylic acids is 1. The van der Waals surface area contributed by atoms with Crippen molar-refractivity contribution in [2.24, 2.45) is 0 Å². The SMILES string of the molecule is Cc1cc(Nc2cc(N3CCN(CCN(C)C)CC3)ncn2)c(=O)n2c1C(=O)NC21CCCCC1. The maximum Gasteiger partial charge on any atom is 0.276 e. The summed E-state index contributed by atoms with van der Waals surface area (Å²) in [5, 5.41) is 6.37. The monoisotopic (exact) mass is 480 g/mol. The Balaban J connectivity index is 1.35. The molecule has 4 heterocycles. The number of pyridine rings is 1. The van der Waals surface area contributed by atoms with Gasteiger partial charge in [0.25, 0.3) is 11.5 Å². The van der Waals surface area contributed by atoms with Gasteiger partial charge in [0.2, 0.25) is 0 Å². The van der Waals surface area contributed by atoms with Gasteiger partial charge in [0.05, 0.1) is 0 Å². The van der Waals surface area contributed by atoms with Gasteiger partial charge in [-0.15, -0.1) is 0 Å². The van der Waals surface area contributed by atoms with E-state index < -0.39 is 5.66 Å². The highest BCUT2D eigenvalue weighted by Crippen LogP contribution is 2.37. The zero-order valence-electron chi connectivity index (χ0n) is 21.0. The van der Waals surface area contributed by atoms with Crippen LogP contribution in [0.5, 0.6) is 0 Å². The average Bonchev–Trinajstić information content (AvgIpc) is 3.13. The summed E-state index contributed by atoms with van der Waals surface area (Å²) in [5.41, 5.74) is 0.923. The third kappa shape index (κ3) is 4.64. The van der Waals surface area contributed by atoms with Crippen molar-refractivity contribution in [3.8, 4) is 0 Å². The normalized spacial score (nSPS) is 19.8. The number of nitrogens with one attached hydrogen (secondary N) is 2. The molecule has 0 atom stereocenters. The van der Waals surface area contributed by atoms with E-state index in [1.165, 1.54) is 0 Å². The van der Waals surface area contributed by atoms with Crippen LogP contribution >= 0.6 is 0 Å². The van der Waals surface area contributed by atoms with Crippen molar-refractivity contribution in [2.45, 2.75) is 44.7 Å². The second-order valence-electron chi connectivity index (χ2n) is 10.3. The first-order chi connectivity index (χ1) is 16.9. The van der Waals surface area contributed by atoms with Gasteiger partial charge in [-0.1, -0.05) is 6.42 Å². The van der Waals surface area contributed by atoms with E-state index in [4.69, 9.17) is 0 Å². The minimum absolute atomic E-state index is 0.151. The maximum atomic E-state index is 13.6. The molecule has 188 valence electrons. The Morgan fingerprint density at radius 1 is 1.06 bits per heavy atom. The van der Waals surface area contributed by atoms with Gasteiger partial charge in [-0.2, -0.15) is 0 Å². The third-order valence-electron chi connectivity index (χ3n) is 7.54. The van der Waals surface area contributed by atoms with Crippen molar-refractivity contribution in [1.29, 1.82) is 0 Å². The number of anilines is 3. The second kappa shape index (κ2) is 9.58. The number of likely N-dealkylation sites (N-methyl/N-ethyl adjacent to an activating group) is 1. The van der Waals surface area contributed by atoms with Gasteiger partial charge in [0.1, 0.15) is 35.0 Å². The highest BCUT2D eigenvalue weighted by molar-refractivity contribution is 5.97. The van der Waals surface area contributed by atoms with E-state index in [9.17, 15) is 9.59 Å². The van der Waals surface area contributed by atoms with Crippen LogP contribution in [0, 0.1) is 6.92 Å². The molecule has 10 heteroatoms. The molecule has 0 unspecified atom stereocenters. The van der Waals surface area contributed by atoms with Crippen molar-refractivity contribution >= 4 is 23.2 Å². The maximum absolute atomic E-state index is 13.6. The molecule has 0 bridgehead atoms. The van der Waals surface area contributed by atoms with Crippen molar-refractivity contribution in [1.82, 2.24) is 29.7 Å². The molecule has 35 heavy (non-hydrogen) atoms. The van der Waals surface area contributed by atoms with E-state index >= 15 is 0 Å². The Labute approximate surface area is 206 Å². The fourth-order valence-electron chi connectivity index (χ4n) is 5.60. The highest BCUT2D eigenvalue weighted by Gasteiger charge is 2.45.